The van der Waals surface area contributed by atoms with Gasteiger partial charge in [0.1, 0.15) is 5.69 Å². The van der Waals surface area contributed by atoms with E-state index in [2.05, 4.69) is 16.0 Å². The molecule has 0 spiro atoms. The van der Waals surface area contributed by atoms with Gasteiger partial charge in [0.05, 0.1) is 0 Å². The maximum absolute atomic E-state index is 12.8. The molecule has 0 unspecified atom stereocenters. The number of aromatic nitrogens is 1. The van der Waals surface area contributed by atoms with Crippen LogP contribution in [0.15, 0.2) is 48.5 Å². The quantitative estimate of drug-likeness (QED) is 0.777. The number of benzene rings is 2. The van der Waals surface area contributed by atoms with Crippen molar-refractivity contribution in [1.29, 1.82) is 0 Å². The minimum Gasteiger partial charge on any atom is -0.454 e. The van der Waals surface area contributed by atoms with Gasteiger partial charge in [-0.1, -0.05) is 24.3 Å². The summed E-state index contributed by atoms with van der Waals surface area (Å²) in [5, 5.41) is 1.07. The van der Waals surface area contributed by atoms with Crippen molar-refractivity contribution in [2.45, 2.75) is 6.54 Å². The zero-order chi connectivity index (χ0) is 18.2. The molecule has 138 valence electrons. The van der Waals surface area contributed by atoms with E-state index < -0.39 is 0 Å². The van der Waals surface area contributed by atoms with E-state index in [-0.39, 0.29) is 5.91 Å². The average Bonchev–Trinajstić information content (AvgIpc) is 3.34. The number of piperazine rings is 1. The fraction of sp³-hybridized carbons (Fsp3) is 0.286. The van der Waals surface area contributed by atoms with Gasteiger partial charge in [0, 0.05) is 43.6 Å². The van der Waals surface area contributed by atoms with Gasteiger partial charge in [-0.15, -0.1) is 0 Å². The van der Waals surface area contributed by atoms with Gasteiger partial charge >= 0.3 is 0 Å². The first-order valence-corrected chi connectivity index (χ1v) is 9.24. The number of hydrogen-bond donors (Lipinski definition) is 1. The molecule has 3 aromatic rings. The summed E-state index contributed by atoms with van der Waals surface area (Å²) in [7, 11) is 0. The van der Waals surface area contributed by atoms with Gasteiger partial charge in [-0.2, -0.15) is 0 Å². The van der Waals surface area contributed by atoms with Crippen LogP contribution in [0.25, 0.3) is 10.9 Å². The number of carbonyl (C=O) groups is 1. The Bertz CT molecular complexity index is 956. The molecule has 0 saturated carbocycles. The maximum atomic E-state index is 12.8. The van der Waals surface area contributed by atoms with Crippen molar-refractivity contribution < 1.29 is 14.3 Å². The molecule has 0 bridgehead atoms. The van der Waals surface area contributed by atoms with E-state index in [0.29, 0.717) is 12.5 Å². The molecular weight excluding hydrogens is 342 g/mol. The molecule has 1 N–H and O–H groups in total. The number of hydrogen-bond acceptors (Lipinski definition) is 4. The highest BCUT2D eigenvalue weighted by Gasteiger charge is 2.24. The zero-order valence-corrected chi connectivity index (χ0v) is 15.0. The van der Waals surface area contributed by atoms with Crippen molar-refractivity contribution >= 4 is 16.8 Å². The van der Waals surface area contributed by atoms with Gasteiger partial charge < -0.3 is 19.4 Å². The highest BCUT2D eigenvalue weighted by atomic mass is 16.7. The third kappa shape index (κ3) is 3.13. The monoisotopic (exact) mass is 363 g/mol. The fourth-order valence-electron chi connectivity index (χ4n) is 3.77. The first kappa shape index (κ1) is 16.2. The molecule has 1 saturated heterocycles. The summed E-state index contributed by atoms with van der Waals surface area (Å²) in [6.45, 7) is 4.34. The molecule has 5 rings (SSSR count). The van der Waals surface area contributed by atoms with Crippen LogP contribution >= 0.6 is 0 Å². The van der Waals surface area contributed by atoms with E-state index in [4.69, 9.17) is 9.47 Å². The smallest absolute Gasteiger partial charge is 0.270 e. The van der Waals surface area contributed by atoms with E-state index in [0.717, 1.165) is 55.1 Å². The number of nitrogens with one attached hydrogen (secondary N) is 1. The topological polar surface area (TPSA) is 57.8 Å². The second-order valence-electron chi connectivity index (χ2n) is 7.03. The molecule has 2 aromatic carbocycles. The van der Waals surface area contributed by atoms with Crippen LogP contribution in [0.1, 0.15) is 16.1 Å². The molecule has 6 heteroatoms. The third-order valence-electron chi connectivity index (χ3n) is 5.26. The van der Waals surface area contributed by atoms with E-state index in [9.17, 15) is 4.79 Å². The van der Waals surface area contributed by atoms with Crippen LogP contribution in [-0.4, -0.2) is 53.7 Å². The zero-order valence-electron chi connectivity index (χ0n) is 15.0. The number of H-pyrrole nitrogens is 1. The molecule has 27 heavy (non-hydrogen) atoms. The predicted molar refractivity (Wildman–Crippen MR) is 102 cm³/mol. The van der Waals surface area contributed by atoms with E-state index in [1.807, 2.05) is 47.4 Å². The van der Waals surface area contributed by atoms with Crippen LogP contribution in [0.2, 0.25) is 0 Å². The lowest BCUT2D eigenvalue weighted by molar-refractivity contribution is 0.0623. The molecule has 1 aromatic heterocycles. The van der Waals surface area contributed by atoms with Crippen LogP contribution in [-0.2, 0) is 6.54 Å². The normalized spacial score (nSPS) is 16.8. The Kier molecular flexibility index (Phi) is 3.98. The van der Waals surface area contributed by atoms with Crippen LogP contribution in [0, 0.1) is 0 Å². The van der Waals surface area contributed by atoms with Crippen molar-refractivity contribution in [3.8, 4) is 11.5 Å². The number of amides is 1. The molecule has 6 nitrogen and oxygen atoms in total. The van der Waals surface area contributed by atoms with Crippen LogP contribution in [0.3, 0.4) is 0 Å². The Morgan fingerprint density at radius 1 is 0.963 bits per heavy atom. The number of fused-ring (bicyclic) bond motifs is 2. The van der Waals surface area contributed by atoms with Gasteiger partial charge in [0.15, 0.2) is 11.5 Å². The van der Waals surface area contributed by atoms with Crippen molar-refractivity contribution in [3.05, 3.63) is 59.8 Å². The first-order chi connectivity index (χ1) is 13.3. The van der Waals surface area contributed by atoms with Gasteiger partial charge in [-0.25, -0.2) is 0 Å². The minimum absolute atomic E-state index is 0.0777. The summed E-state index contributed by atoms with van der Waals surface area (Å²) in [6.07, 6.45) is 0. The molecule has 2 aliphatic heterocycles. The Balaban J connectivity index is 1.21. The molecule has 0 radical (unpaired) electrons. The summed E-state index contributed by atoms with van der Waals surface area (Å²) in [5.74, 6) is 1.71. The first-order valence-electron chi connectivity index (χ1n) is 9.24. The Morgan fingerprint density at radius 3 is 2.63 bits per heavy atom. The van der Waals surface area contributed by atoms with Crippen molar-refractivity contribution in [2.24, 2.45) is 0 Å². The molecule has 0 aliphatic carbocycles. The van der Waals surface area contributed by atoms with Crippen LogP contribution < -0.4 is 9.47 Å². The van der Waals surface area contributed by atoms with Gasteiger partial charge in [-0.05, 0) is 29.8 Å². The van der Waals surface area contributed by atoms with Crippen LogP contribution in [0.4, 0.5) is 0 Å². The number of para-hydroxylation sites is 1. The molecule has 1 amide bonds. The van der Waals surface area contributed by atoms with E-state index in [1.54, 1.807) is 0 Å². The van der Waals surface area contributed by atoms with Crippen LogP contribution in [0.5, 0.6) is 11.5 Å². The number of rotatable bonds is 3. The highest BCUT2D eigenvalue weighted by Crippen LogP contribution is 2.32. The predicted octanol–water partition coefficient (Wildman–Crippen LogP) is 2.85. The molecule has 3 heterocycles. The van der Waals surface area contributed by atoms with Crippen molar-refractivity contribution in [1.82, 2.24) is 14.8 Å². The number of carbonyl (C=O) groups excluding carboxylic acids is 1. The number of aromatic amines is 1. The van der Waals surface area contributed by atoms with Crippen molar-refractivity contribution in [2.75, 3.05) is 33.0 Å². The number of ether oxygens (including phenoxy) is 2. The van der Waals surface area contributed by atoms with Gasteiger partial charge in [0.2, 0.25) is 6.79 Å². The van der Waals surface area contributed by atoms with E-state index >= 15 is 0 Å². The van der Waals surface area contributed by atoms with E-state index in [1.165, 1.54) is 5.56 Å². The molecule has 2 aliphatic rings. The average molecular weight is 363 g/mol. The SMILES string of the molecule is O=C(c1cc2ccccc2[nH]1)N1CCN(Cc2ccc3c(c2)OCO3)CC1. The second-order valence-corrected chi connectivity index (χ2v) is 7.03. The minimum atomic E-state index is 0.0777. The largest absolute Gasteiger partial charge is 0.454 e. The lowest BCUT2D eigenvalue weighted by Gasteiger charge is -2.34. The molecule has 0 atom stereocenters. The standard InChI is InChI=1S/C21H21N3O3/c25-21(18-12-16-3-1-2-4-17(16)22-18)24-9-7-23(8-10-24)13-15-5-6-19-20(11-15)27-14-26-19/h1-6,11-12,22H,7-10,13-14H2. The summed E-state index contributed by atoms with van der Waals surface area (Å²) in [5.41, 5.74) is 2.87. The Morgan fingerprint density at radius 2 is 1.78 bits per heavy atom. The number of nitrogens with zero attached hydrogens (tertiary/aromatic N) is 2. The lowest BCUT2D eigenvalue weighted by atomic mass is 10.1. The highest BCUT2D eigenvalue weighted by molar-refractivity contribution is 5.98. The summed E-state index contributed by atoms with van der Waals surface area (Å²) < 4.78 is 10.8. The Hall–Kier alpha value is -2.99. The van der Waals surface area contributed by atoms with Crippen molar-refractivity contribution in [3.63, 3.8) is 0 Å². The lowest BCUT2D eigenvalue weighted by Crippen LogP contribution is -2.48. The summed E-state index contributed by atoms with van der Waals surface area (Å²) in [4.78, 5) is 20.3. The van der Waals surface area contributed by atoms with Gasteiger partial charge in [-0.3, -0.25) is 9.69 Å². The maximum Gasteiger partial charge on any atom is 0.270 e. The molecular formula is C21H21N3O3. The Labute approximate surface area is 157 Å². The fourth-order valence-corrected chi connectivity index (χ4v) is 3.77. The summed E-state index contributed by atoms with van der Waals surface area (Å²) >= 11 is 0. The summed E-state index contributed by atoms with van der Waals surface area (Å²) in [6, 6.07) is 16.0. The van der Waals surface area contributed by atoms with Gasteiger partial charge in [0.25, 0.3) is 5.91 Å². The molecule has 1 fully saturated rings. The second kappa shape index (κ2) is 6.63. The third-order valence-corrected chi connectivity index (χ3v) is 5.26.